The maximum absolute atomic E-state index is 11.7. The monoisotopic (exact) mass is 1340 g/mol. The number of aliphatic hydroxyl groups excluding tert-OH is 1. The van der Waals surface area contributed by atoms with Gasteiger partial charge < -0.3 is 41.2 Å². The molecule has 0 fully saturated rings. The van der Waals surface area contributed by atoms with E-state index in [1.165, 1.54) is 73.7 Å². The Bertz CT molecular complexity index is 2860. The van der Waals surface area contributed by atoms with Crippen molar-refractivity contribution in [3.8, 4) is 34.5 Å². The van der Waals surface area contributed by atoms with Crippen LogP contribution in [0.3, 0.4) is 0 Å². The molecule has 0 spiro atoms. The van der Waals surface area contributed by atoms with E-state index >= 15 is 0 Å². The average molecular weight is 1340 g/mol. The molecule has 9 rings (SSSR count). The Hall–Kier alpha value is -7.24. The summed E-state index contributed by atoms with van der Waals surface area (Å²) in [5.41, 5.74) is 6.84. The molecular weight excluding hydrogens is 1290 g/mol. The van der Waals surface area contributed by atoms with Gasteiger partial charge in [0.25, 0.3) is 0 Å². The van der Waals surface area contributed by atoms with Crippen LogP contribution in [0.4, 0.5) is 34.1 Å². The van der Waals surface area contributed by atoms with E-state index in [9.17, 15) is 30.6 Å². The number of para-hydroxylation sites is 12. The first kappa shape index (κ1) is 64.0. The second kappa shape index (κ2) is 35.2. The molecule has 0 saturated heterocycles. The second-order valence-corrected chi connectivity index (χ2v) is 15.2. The molecule has 0 unspecified atom stereocenters. The van der Waals surface area contributed by atoms with E-state index in [0.717, 1.165) is 7.11 Å². The van der Waals surface area contributed by atoms with Crippen LogP contribution in [0.2, 0.25) is 0 Å². The van der Waals surface area contributed by atoms with Crippen LogP contribution in [0.15, 0.2) is 248 Å². The molecule has 9 aromatic carbocycles. The van der Waals surface area contributed by atoms with Crippen LogP contribution in [0.1, 0.15) is 33.4 Å². The van der Waals surface area contributed by atoms with Crippen LogP contribution in [0, 0.1) is 93.8 Å². The van der Waals surface area contributed by atoms with E-state index in [0.29, 0.717) is 67.5 Å². The molecule has 0 aliphatic carbocycles. The zero-order valence-electron chi connectivity index (χ0n) is 40.9. The van der Waals surface area contributed by atoms with Gasteiger partial charge >= 0.3 is 93.8 Å². The van der Waals surface area contributed by atoms with Gasteiger partial charge in [-0.1, -0.05) is 182 Å². The number of benzene rings is 9. The number of hydrogen-bond acceptors (Lipinski definition) is 13. The summed E-state index contributed by atoms with van der Waals surface area (Å²) in [6.07, 6.45) is 9.16. The number of rotatable bonds is 12. The van der Waals surface area contributed by atoms with Gasteiger partial charge in [0.15, 0.2) is 0 Å². The van der Waals surface area contributed by atoms with Crippen molar-refractivity contribution in [1.29, 1.82) is 0 Å². The third-order valence-corrected chi connectivity index (χ3v) is 10.2. The maximum Gasteiger partial charge on any atom is 3.00 e. The largest absolute Gasteiger partial charge is 3.00 e. The molecule has 0 aliphatic rings. The van der Waals surface area contributed by atoms with E-state index in [4.69, 9.17) is 5.11 Å². The normalized spacial score (nSPS) is 10.7. The van der Waals surface area contributed by atoms with Gasteiger partial charge in [0.2, 0.25) is 0 Å². The number of hydrogen-bond donors (Lipinski definition) is 1. The zero-order valence-corrected chi connectivity index (χ0v) is 44.3. The molecule has 0 bridgehead atoms. The molecule has 398 valence electrons. The molecule has 0 aromatic heterocycles. The van der Waals surface area contributed by atoms with Crippen molar-refractivity contribution in [2.45, 2.75) is 0 Å². The van der Waals surface area contributed by atoms with Gasteiger partial charge in [-0.15, -0.1) is 34.5 Å². The zero-order chi connectivity index (χ0) is 52.3. The third kappa shape index (κ3) is 20.7. The molecule has 0 saturated carbocycles. The van der Waals surface area contributed by atoms with E-state index in [-0.39, 0.29) is 134 Å². The molecule has 0 amide bonds. The predicted octanol–water partition coefficient (Wildman–Crippen LogP) is 8.79. The smallest absolute Gasteiger partial charge is 0.872 e. The Morgan fingerprint density at radius 2 is 0.351 bits per heavy atom. The summed E-state index contributed by atoms with van der Waals surface area (Å²) in [6, 6.07) is 62.0. The summed E-state index contributed by atoms with van der Waals surface area (Å²) in [5, 5.41) is 77.3. The molecule has 0 atom stereocenters. The Morgan fingerprint density at radius 3 is 0.481 bits per heavy atom. The van der Waals surface area contributed by atoms with Crippen molar-refractivity contribution >= 4 is 71.4 Å². The van der Waals surface area contributed by atoms with Crippen LogP contribution < -0.4 is 30.6 Å². The Kier molecular flexibility index (Phi) is 29.2. The predicted molar refractivity (Wildman–Crippen MR) is 290 cm³/mol. The topological polar surface area (TPSA) is 264 Å². The van der Waals surface area contributed by atoms with Gasteiger partial charge in [0.05, 0.1) is 34.1 Å². The number of nitrogens with zero attached hydrogens (tertiary/aromatic N) is 6. The Balaban J connectivity index is 0.000000293. The van der Waals surface area contributed by atoms with E-state index < -0.39 is 0 Å². The number of aliphatic imine (C=N–C) groups is 6. The minimum atomic E-state index is -0.0810. The van der Waals surface area contributed by atoms with Gasteiger partial charge in [0.1, 0.15) is 0 Å². The summed E-state index contributed by atoms with van der Waals surface area (Å²) in [5.74, 6) is -0.486. The molecular formula is C61H48N6O8Yb2. The van der Waals surface area contributed by atoms with E-state index in [1.807, 2.05) is 36.4 Å². The van der Waals surface area contributed by atoms with Crippen LogP contribution in [-0.2, 0) is 0 Å². The fourth-order valence-corrected chi connectivity index (χ4v) is 6.41. The quantitative estimate of drug-likeness (QED) is 0.116. The molecule has 0 heterocycles. The molecule has 3 N–H and O–H groups in total. The first-order chi connectivity index (χ1) is 36.2. The Morgan fingerprint density at radius 1 is 0.234 bits per heavy atom. The van der Waals surface area contributed by atoms with Gasteiger partial charge in [-0.25, -0.2) is 0 Å². The van der Waals surface area contributed by atoms with Crippen molar-refractivity contribution in [1.82, 2.24) is 0 Å². The molecule has 9 aromatic rings. The summed E-state index contributed by atoms with van der Waals surface area (Å²) < 4.78 is 0. The van der Waals surface area contributed by atoms with Crippen LogP contribution in [0.5, 0.6) is 34.5 Å². The molecule has 16 heteroatoms. The fraction of sp³-hybridized carbons (Fsp3) is 0.0164. The van der Waals surface area contributed by atoms with Crippen molar-refractivity contribution in [3.63, 3.8) is 0 Å². The molecule has 2 radical (unpaired) electrons. The summed E-state index contributed by atoms with van der Waals surface area (Å²) in [4.78, 5) is 26.1. The van der Waals surface area contributed by atoms with E-state index in [1.54, 1.807) is 146 Å². The molecule has 14 nitrogen and oxygen atoms in total. The Labute approximate surface area is 523 Å². The first-order valence-corrected chi connectivity index (χ1v) is 22.7. The van der Waals surface area contributed by atoms with Gasteiger partial charge in [-0.3, -0.25) is 30.0 Å². The van der Waals surface area contributed by atoms with Crippen molar-refractivity contribution in [2.24, 2.45) is 30.0 Å². The SMILES string of the molecule is CO.O.[O-]c1ccccc1C=Nc1ccccc1N=Cc1ccccc1[O-].[O-]c1ccccc1C=Nc1ccccc1N=Cc1ccccc1[O-].[O-]c1ccccc1C=Nc1ccccc1N=Cc1ccccc1[O-].[Yb+3].[Yb+3]. The van der Waals surface area contributed by atoms with Gasteiger partial charge in [-0.2, -0.15) is 0 Å². The van der Waals surface area contributed by atoms with Gasteiger partial charge in [0, 0.05) is 44.4 Å². The summed E-state index contributed by atoms with van der Waals surface area (Å²) in [6.45, 7) is 0. The van der Waals surface area contributed by atoms with Crippen molar-refractivity contribution in [2.75, 3.05) is 7.11 Å². The molecule has 0 aliphatic heterocycles. The maximum atomic E-state index is 11.7. The number of aliphatic hydroxyl groups is 1. The molecule has 77 heavy (non-hydrogen) atoms. The van der Waals surface area contributed by atoms with Crippen LogP contribution in [-0.4, -0.2) is 55.0 Å². The van der Waals surface area contributed by atoms with Gasteiger partial charge in [-0.05, 0) is 69.8 Å². The van der Waals surface area contributed by atoms with E-state index in [2.05, 4.69) is 30.0 Å². The average Bonchev–Trinajstić information content (AvgIpc) is 3.43. The minimum absolute atomic E-state index is 0. The fourth-order valence-electron chi connectivity index (χ4n) is 6.41. The first-order valence-electron chi connectivity index (χ1n) is 22.7. The van der Waals surface area contributed by atoms with Crippen molar-refractivity contribution < 1.29 is 135 Å². The van der Waals surface area contributed by atoms with Crippen LogP contribution >= 0.6 is 0 Å². The standard InChI is InChI=1S/3C20H16N2O2.CH4O.H2O.2Yb/c3*23-19-11-5-1-7-15(19)13-21-17-9-3-4-10-18(17)22-14-16-8-2-6-12-20(16)24;1-2;;;/h3*1-14,23-24H;2H,1H3;1H2;;/q;;;;;2*+3/p-6. The third-order valence-electron chi connectivity index (χ3n) is 10.2. The minimum Gasteiger partial charge on any atom is -0.872 e. The second-order valence-electron chi connectivity index (χ2n) is 15.2. The van der Waals surface area contributed by atoms with Crippen LogP contribution in [0.25, 0.3) is 0 Å². The summed E-state index contributed by atoms with van der Waals surface area (Å²) in [7, 11) is 1.00. The van der Waals surface area contributed by atoms with Crippen molar-refractivity contribution in [3.05, 3.63) is 252 Å². The summed E-state index contributed by atoms with van der Waals surface area (Å²) >= 11 is 0.